The number of rotatable bonds is 5. The molecule has 2 aliphatic carbocycles. The van der Waals surface area contributed by atoms with Crippen molar-refractivity contribution in [1.29, 1.82) is 0 Å². The Morgan fingerprint density at radius 3 is 2.77 bits per heavy atom. The van der Waals surface area contributed by atoms with Gasteiger partial charge in [0, 0.05) is 74.8 Å². The number of anilines is 1. The summed E-state index contributed by atoms with van der Waals surface area (Å²) in [5, 5.41) is 0.742. The van der Waals surface area contributed by atoms with Crippen molar-refractivity contribution in [2.45, 2.75) is 63.5 Å². The first kappa shape index (κ1) is 39.2. The smallest absolute Gasteiger partial charge is 0.286 e. The lowest BCUT2D eigenvalue weighted by molar-refractivity contribution is 0.0131. The standard InChI is InChI=1S/C43H54ClN5O6S/c1-29-6-4-8-39(53-3)36-12-9-32(36)24-49-27-43(15-5-7-30-20-34(44)11-13-37(30)43)28-55-40-14-10-31(22-38(40)49)41(50)45-56(52,26-29)46-42(51)33-21-35(47(2)23-33)25-48-16-18-54-19-17-48/h4,8,10-11,13-14,20-23,29,32,36,39H,5-7,9,12,15-19,24-28H2,1-3H3,(H,45,46,50,51,52)/b8-4+/t29-,32-,36+,39-,43-,56?/m0/s1. The van der Waals surface area contributed by atoms with E-state index in [9.17, 15) is 13.8 Å². The number of carbonyl (C=O) groups excluding carboxylic acids is 2. The van der Waals surface area contributed by atoms with Gasteiger partial charge < -0.3 is 23.7 Å². The van der Waals surface area contributed by atoms with E-state index in [0.717, 1.165) is 74.7 Å². The van der Waals surface area contributed by atoms with Gasteiger partial charge in [0.1, 0.15) is 15.7 Å². The average molecular weight is 804 g/mol. The van der Waals surface area contributed by atoms with E-state index in [1.807, 2.05) is 42.8 Å². The highest BCUT2D eigenvalue weighted by molar-refractivity contribution is 7.92. The van der Waals surface area contributed by atoms with Crippen LogP contribution in [0.15, 0.2) is 65.2 Å². The summed E-state index contributed by atoms with van der Waals surface area (Å²) in [4.78, 5) is 32.7. The average Bonchev–Trinajstić information content (AvgIpc) is 3.46. The van der Waals surface area contributed by atoms with E-state index < -0.39 is 21.7 Å². The summed E-state index contributed by atoms with van der Waals surface area (Å²) in [5.74, 6) is 0.137. The summed E-state index contributed by atoms with van der Waals surface area (Å²) >= 11 is 6.48. The molecule has 5 aliphatic rings. The number of hydrogen-bond acceptors (Lipinski definition) is 8. The number of aryl methyl sites for hydroxylation is 2. The number of ether oxygens (including phenoxy) is 3. The van der Waals surface area contributed by atoms with E-state index in [-0.39, 0.29) is 23.2 Å². The quantitative estimate of drug-likeness (QED) is 0.288. The van der Waals surface area contributed by atoms with Gasteiger partial charge in [0.2, 0.25) is 0 Å². The van der Waals surface area contributed by atoms with Gasteiger partial charge in [-0.05, 0) is 104 Å². The summed E-state index contributed by atoms with van der Waals surface area (Å²) in [6, 6.07) is 13.5. The molecule has 0 radical (unpaired) electrons. The van der Waals surface area contributed by atoms with Crippen LogP contribution in [0.4, 0.5) is 5.69 Å². The van der Waals surface area contributed by atoms with E-state index in [1.54, 1.807) is 19.4 Å². The molecule has 2 aromatic carbocycles. The number of aromatic nitrogens is 1. The molecule has 1 saturated carbocycles. The SMILES string of the molecule is CO[C@H]1/C=C/C[C@H](C)CS(=O)(NC(=O)c2cc(CN3CCOCC3)n(C)c2)=NC(=O)c2ccc3c(c2)N(C[C@@H]2CC[C@H]21)C[C@@]1(CCCc2cc(Cl)ccc21)CO3. The van der Waals surface area contributed by atoms with Crippen LogP contribution in [0.2, 0.25) is 5.02 Å². The zero-order valence-corrected chi connectivity index (χ0v) is 34.3. The van der Waals surface area contributed by atoms with E-state index in [2.05, 4.69) is 43.2 Å². The van der Waals surface area contributed by atoms with E-state index in [0.29, 0.717) is 61.5 Å². The summed E-state index contributed by atoms with van der Waals surface area (Å²) in [7, 11) is 0.120. The molecule has 13 heteroatoms. The number of benzene rings is 2. The van der Waals surface area contributed by atoms with Crippen LogP contribution >= 0.6 is 11.6 Å². The third-order valence-corrected chi connectivity index (χ3v) is 14.8. The Hall–Kier alpha value is -3.68. The van der Waals surface area contributed by atoms with Crippen molar-refractivity contribution in [2.75, 3.05) is 63.8 Å². The monoisotopic (exact) mass is 803 g/mol. The molecular weight excluding hydrogens is 750 g/mol. The largest absolute Gasteiger partial charge is 0.490 e. The molecule has 3 aromatic rings. The highest BCUT2D eigenvalue weighted by atomic mass is 35.5. The number of halogens is 1. The molecule has 56 heavy (non-hydrogen) atoms. The van der Waals surface area contributed by atoms with Gasteiger partial charge in [-0.1, -0.05) is 36.7 Å². The second-order valence-corrected chi connectivity index (χ2v) is 19.0. The molecule has 1 unspecified atom stereocenters. The van der Waals surface area contributed by atoms with E-state index in [4.69, 9.17) is 25.8 Å². The third kappa shape index (κ3) is 8.18. The Morgan fingerprint density at radius 2 is 1.98 bits per heavy atom. The first-order valence-corrected chi connectivity index (χ1v) is 22.1. The second kappa shape index (κ2) is 16.3. The highest BCUT2D eigenvalue weighted by Crippen LogP contribution is 2.47. The molecule has 1 N–H and O–H groups in total. The van der Waals surface area contributed by atoms with Crippen molar-refractivity contribution in [3.05, 3.63) is 93.8 Å². The number of allylic oxidation sites excluding steroid dienone is 1. The van der Waals surface area contributed by atoms with Crippen LogP contribution in [0, 0.1) is 17.8 Å². The molecule has 6 atom stereocenters. The molecule has 1 saturated heterocycles. The van der Waals surface area contributed by atoms with Gasteiger partial charge in [-0.2, -0.15) is 0 Å². The van der Waals surface area contributed by atoms with Crippen LogP contribution in [0.3, 0.4) is 0 Å². The molecule has 2 amide bonds. The number of carbonyl (C=O) groups is 2. The molecule has 3 aliphatic heterocycles. The Morgan fingerprint density at radius 1 is 1.14 bits per heavy atom. The molecule has 4 heterocycles. The first-order chi connectivity index (χ1) is 27.0. The van der Waals surface area contributed by atoms with Gasteiger partial charge in [-0.15, -0.1) is 4.36 Å². The Kier molecular flexibility index (Phi) is 11.4. The molecule has 11 nitrogen and oxygen atoms in total. The molecule has 2 bridgehead atoms. The van der Waals surface area contributed by atoms with Crippen molar-refractivity contribution in [3.63, 3.8) is 0 Å². The fourth-order valence-electron chi connectivity index (χ4n) is 9.45. The number of fused-ring (bicyclic) bond motifs is 4. The second-order valence-electron chi connectivity index (χ2n) is 16.6. The van der Waals surface area contributed by atoms with Crippen molar-refractivity contribution in [3.8, 4) is 5.75 Å². The van der Waals surface area contributed by atoms with Gasteiger partial charge in [0.15, 0.2) is 0 Å². The number of nitrogens with one attached hydrogen (secondary N) is 1. The molecular formula is C43H54ClN5O6S. The van der Waals surface area contributed by atoms with Crippen molar-refractivity contribution >= 4 is 39.0 Å². The minimum atomic E-state index is -3.55. The normalized spacial score (nSPS) is 30.2. The lowest BCUT2D eigenvalue weighted by Crippen LogP contribution is -2.49. The minimum Gasteiger partial charge on any atom is -0.490 e. The fraction of sp³-hybridized carbons (Fsp3) is 0.535. The van der Waals surface area contributed by atoms with Crippen molar-refractivity contribution < 1.29 is 28.0 Å². The first-order valence-electron chi connectivity index (χ1n) is 20.1. The van der Waals surface area contributed by atoms with Crippen LogP contribution in [0.25, 0.3) is 0 Å². The molecule has 2 fully saturated rings. The van der Waals surface area contributed by atoms with E-state index >= 15 is 0 Å². The van der Waals surface area contributed by atoms with Crippen LogP contribution in [-0.2, 0) is 44.8 Å². The summed E-state index contributed by atoms with van der Waals surface area (Å²) < 4.78 is 42.1. The van der Waals surface area contributed by atoms with Gasteiger partial charge in [0.05, 0.1) is 42.9 Å². The lowest BCUT2D eigenvalue weighted by Gasteiger charge is -2.46. The summed E-state index contributed by atoms with van der Waals surface area (Å²) in [5.41, 5.74) is 4.74. The van der Waals surface area contributed by atoms with Gasteiger partial charge in [-0.25, -0.2) is 4.21 Å². The zero-order chi connectivity index (χ0) is 39.0. The molecule has 1 aromatic heterocycles. The Bertz CT molecular complexity index is 2120. The molecule has 1 spiro atoms. The predicted octanol–water partition coefficient (Wildman–Crippen LogP) is 6.57. The number of amides is 2. The van der Waals surface area contributed by atoms with Crippen LogP contribution < -0.4 is 14.4 Å². The Labute approximate surface area is 336 Å². The molecule has 8 rings (SSSR count). The van der Waals surface area contributed by atoms with Crippen LogP contribution in [0.1, 0.15) is 76.6 Å². The predicted molar refractivity (Wildman–Crippen MR) is 219 cm³/mol. The van der Waals surface area contributed by atoms with Crippen LogP contribution in [0.5, 0.6) is 5.75 Å². The van der Waals surface area contributed by atoms with Crippen LogP contribution in [-0.4, -0.2) is 90.5 Å². The van der Waals surface area contributed by atoms with Gasteiger partial charge in [-0.3, -0.25) is 19.2 Å². The fourth-order valence-corrected chi connectivity index (χ4v) is 11.5. The van der Waals surface area contributed by atoms with Crippen molar-refractivity contribution in [2.24, 2.45) is 29.2 Å². The summed E-state index contributed by atoms with van der Waals surface area (Å²) in [6.07, 6.45) is 11.6. The topological polar surface area (TPSA) is 115 Å². The maximum atomic E-state index is 14.8. The lowest BCUT2D eigenvalue weighted by atomic mass is 9.68. The molecule has 300 valence electrons. The minimum absolute atomic E-state index is 0.0120. The van der Waals surface area contributed by atoms with Crippen molar-refractivity contribution in [1.82, 2.24) is 14.2 Å². The van der Waals surface area contributed by atoms with E-state index in [1.165, 1.54) is 11.1 Å². The number of morpholine rings is 1. The van der Waals surface area contributed by atoms with Gasteiger partial charge >= 0.3 is 0 Å². The maximum absolute atomic E-state index is 14.8. The highest BCUT2D eigenvalue weighted by Gasteiger charge is 2.44. The number of nitrogens with zero attached hydrogens (tertiary/aromatic N) is 4. The number of hydrogen-bond donors (Lipinski definition) is 1. The number of methoxy groups -OCH3 is 1. The zero-order valence-electron chi connectivity index (χ0n) is 32.7. The maximum Gasteiger partial charge on any atom is 0.286 e. The van der Waals surface area contributed by atoms with Gasteiger partial charge in [0.25, 0.3) is 11.8 Å². The third-order valence-electron chi connectivity index (χ3n) is 12.6. The summed E-state index contributed by atoms with van der Waals surface area (Å²) in [6.45, 7) is 7.63. The Balaban J connectivity index is 1.14.